The molecule has 0 aromatic heterocycles. The molecule has 0 amide bonds. The van der Waals surface area contributed by atoms with Gasteiger partial charge in [0, 0.05) is 17.0 Å². The fourth-order valence-corrected chi connectivity index (χ4v) is 1.89. The highest BCUT2D eigenvalue weighted by atomic mass is 35.5. The maximum Gasteiger partial charge on any atom is 0.231 e. The van der Waals surface area contributed by atoms with E-state index in [0.29, 0.717) is 33.9 Å². The number of benzene rings is 1. The zero-order valence-electron chi connectivity index (χ0n) is 8.58. The first-order chi connectivity index (χ1) is 7.63. The molecule has 4 nitrogen and oxygen atoms in total. The van der Waals surface area contributed by atoms with Crippen molar-refractivity contribution in [2.45, 2.75) is 13.3 Å². The number of ketones is 1. The van der Waals surface area contributed by atoms with E-state index >= 15 is 0 Å². The average molecular weight is 241 g/mol. The third kappa shape index (κ3) is 1.76. The topological polar surface area (TPSA) is 52.6 Å². The molecule has 0 atom stereocenters. The second kappa shape index (κ2) is 4.14. The highest BCUT2D eigenvalue weighted by molar-refractivity contribution is 6.32. The summed E-state index contributed by atoms with van der Waals surface area (Å²) in [6, 6.07) is 1.49. The second-order valence-corrected chi connectivity index (χ2v) is 3.89. The van der Waals surface area contributed by atoms with Crippen LogP contribution in [0.15, 0.2) is 6.07 Å². The van der Waals surface area contributed by atoms with Gasteiger partial charge >= 0.3 is 0 Å². The van der Waals surface area contributed by atoms with E-state index in [2.05, 4.69) is 0 Å². The summed E-state index contributed by atoms with van der Waals surface area (Å²) in [4.78, 5) is 21.9. The van der Waals surface area contributed by atoms with Crippen LogP contribution in [0, 0.1) is 0 Å². The summed E-state index contributed by atoms with van der Waals surface area (Å²) >= 11 is 5.99. The van der Waals surface area contributed by atoms with Gasteiger partial charge < -0.3 is 9.47 Å². The predicted molar refractivity (Wildman–Crippen MR) is 57.3 cm³/mol. The molecule has 1 aliphatic heterocycles. The van der Waals surface area contributed by atoms with Gasteiger partial charge in [-0.25, -0.2) is 0 Å². The number of aldehydes is 1. The van der Waals surface area contributed by atoms with Crippen LogP contribution in [-0.4, -0.2) is 18.9 Å². The van der Waals surface area contributed by atoms with Gasteiger partial charge in [0.1, 0.15) is 5.78 Å². The summed E-state index contributed by atoms with van der Waals surface area (Å²) in [6.07, 6.45) is 0.820. The minimum Gasteiger partial charge on any atom is -0.453 e. The van der Waals surface area contributed by atoms with Crippen LogP contribution < -0.4 is 9.47 Å². The second-order valence-electron chi connectivity index (χ2n) is 3.49. The number of carbonyl (C=O) groups is 2. The summed E-state index contributed by atoms with van der Waals surface area (Å²) in [7, 11) is 0. The average Bonchev–Trinajstić information content (AvgIpc) is 2.70. The van der Waals surface area contributed by atoms with E-state index in [1.165, 1.54) is 13.0 Å². The Bertz CT molecular complexity index is 468. The summed E-state index contributed by atoms with van der Waals surface area (Å²) in [5.41, 5.74) is 0.914. The standard InChI is InChI=1S/C11H9ClO4/c1-6(14)2-8-9(12)3-7(4-13)10-11(8)16-5-15-10/h3-4H,2,5H2,1H3. The van der Waals surface area contributed by atoms with Crippen LogP contribution in [-0.2, 0) is 11.2 Å². The first-order valence-electron chi connectivity index (χ1n) is 4.69. The normalized spacial score (nSPS) is 12.6. The van der Waals surface area contributed by atoms with Gasteiger partial charge in [-0.2, -0.15) is 0 Å². The van der Waals surface area contributed by atoms with Crippen LogP contribution in [0.2, 0.25) is 5.02 Å². The Morgan fingerprint density at radius 2 is 2.19 bits per heavy atom. The Hall–Kier alpha value is -1.55. The van der Waals surface area contributed by atoms with Crippen LogP contribution in [0.5, 0.6) is 11.5 Å². The van der Waals surface area contributed by atoms with Crippen LogP contribution in [0.25, 0.3) is 0 Å². The zero-order chi connectivity index (χ0) is 11.7. The van der Waals surface area contributed by atoms with Gasteiger partial charge in [0.25, 0.3) is 0 Å². The summed E-state index contributed by atoms with van der Waals surface area (Å²) < 4.78 is 10.4. The van der Waals surface area contributed by atoms with Crippen molar-refractivity contribution in [1.29, 1.82) is 0 Å². The van der Waals surface area contributed by atoms with Crippen LogP contribution >= 0.6 is 11.6 Å². The third-order valence-electron chi connectivity index (χ3n) is 2.27. The van der Waals surface area contributed by atoms with Gasteiger partial charge in [0.05, 0.1) is 5.56 Å². The quantitative estimate of drug-likeness (QED) is 0.759. The number of carbonyl (C=O) groups excluding carboxylic acids is 2. The maximum atomic E-state index is 11.1. The van der Waals surface area contributed by atoms with E-state index < -0.39 is 0 Å². The molecule has 0 saturated heterocycles. The van der Waals surface area contributed by atoms with E-state index in [9.17, 15) is 9.59 Å². The maximum absolute atomic E-state index is 11.1. The largest absolute Gasteiger partial charge is 0.453 e. The van der Waals surface area contributed by atoms with E-state index in [1.54, 1.807) is 0 Å². The molecule has 0 bridgehead atoms. The Balaban J connectivity index is 2.57. The molecule has 5 heteroatoms. The molecule has 0 saturated carbocycles. The molecular formula is C11H9ClO4. The van der Waals surface area contributed by atoms with E-state index in [4.69, 9.17) is 21.1 Å². The third-order valence-corrected chi connectivity index (χ3v) is 2.61. The summed E-state index contributed by atoms with van der Waals surface area (Å²) in [5.74, 6) is 0.749. The molecule has 1 aromatic carbocycles. The van der Waals surface area contributed by atoms with Gasteiger partial charge in [0.15, 0.2) is 17.8 Å². The molecular weight excluding hydrogens is 232 g/mol. The molecule has 0 N–H and O–H groups in total. The van der Waals surface area contributed by atoms with Crippen LogP contribution in [0.1, 0.15) is 22.8 Å². The lowest BCUT2D eigenvalue weighted by atomic mass is 10.0. The Morgan fingerprint density at radius 1 is 1.50 bits per heavy atom. The lowest BCUT2D eigenvalue weighted by Gasteiger charge is -2.08. The Kier molecular flexibility index (Phi) is 2.83. The highest BCUT2D eigenvalue weighted by Gasteiger charge is 2.24. The van der Waals surface area contributed by atoms with Crippen LogP contribution in [0.4, 0.5) is 0 Å². The number of hydrogen-bond acceptors (Lipinski definition) is 4. The van der Waals surface area contributed by atoms with Crippen molar-refractivity contribution in [3.05, 3.63) is 22.2 Å². The minimum atomic E-state index is -0.0292. The van der Waals surface area contributed by atoms with Gasteiger partial charge in [-0.1, -0.05) is 11.6 Å². The molecule has 1 aliphatic rings. The monoisotopic (exact) mass is 240 g/mol. The van der Waals surface area contributed by atoms with Gasteiger partial charge in [0.2, 0.25) is 6.79 Å². The van der Waals surface area contributed by atoms with Gasteiger partial charge in [-0.05, 0) is 13.0 Å². The fourth-order valence-electron chi connectivity index (χ4n) is 1.62. The van der Waals surface area contributed by atoms with Crippen molar-refractivity contribution < 1.29 is 19.1 Å². The van der Waals surface area contributed by atoms with Crippen molar-refractivity contribution in [3.63, 3.8) is 0 Å². The number of halogens is 1. The minimum absolute atomic E-state index is 0.0292. The lowest BCUT2D eigenvalue weighted by Crippen LogP contribution is -2.00. The Labute approximate surface area is 97.1 Å². The molecule has 84 valence electrons. The first kappa shape index (κ1) is 11.0. The smallest absolute Gasteiger partial charge is 0.231 e. The lowest BCUT2D eigenvalue weighted by molar-refractivity contribution is -0.116. The molecule has 0 aliphatic carbocycles. The molecule has 0 radical (unpaired) electrons. The van der Waals surface area contributed by atoms with E-state index in [1.807, 2.05) is 0 Å². The fraction of sp³-hybridized carbons (Fsp3) is 0.273. The number of rotatable bonds is 3. The number of ether oxygens (including phenoxy) is 2. The molecule has 1 aromatic rings. The molecule has 0 spiro atoms. The van der Waals surface area contributed by atoms with Gasteiger partial charge in [-0.15, -0.1) is 0 Å². The van der Waals surface area contributed by atoms with E-state index in [0.717, 1.165) is 0 Å². The number of hydrogen-bond donors (Lipinski definition) is 0. The van der Waals surface area contributed by atoms with Crippen LogP contribution in [0.3, 0.4) is 0 Å². The van der Waals surface area contributed by atoms with Crippen molar-refractivity contribution in [2.24, 2.45) is 0 Å². The van der Waals surface area contributed by atoms with Crippen molar-refractivity contribution in [3.8, 4) is 11.5 Å². The molecule has 1 heterocycles. The van der Waals surface area contributed by atoms with Crippen molar-refractivity contribution in [1.82, 2.24) is 0 Å². The Morgan fingerprint density at radius 3 is 2.81 bits per heavy atom. The molecule has 2 rings (SSSR count). The van der Waals surface area contributed by atoms with Gasteiger partial charge in [-0.3, -0.25) is 9.59 Å². The number of fused-ring (bicyclic) bond motifs is 1. The van der Waals surface area contributed by atoms with Crippen molar-refractivity contribution >= 4 is 23.7 Å². The summed E-state index contributed by atoms with van der Waals surface area (Å²) in [5, 5.41) is 0.349. The molecule has 0 unspecified atom stereocenters. The molecule has 16 heavy (non-hydrogen) atoms. The zero-order valence-corrected chi connectivity index (χ0v) is 9.34. The summed E-state index contributed by atoms with van der Waals surface area (Å²) in [6.45, 7) is 1.51. The highest BCUT2D eigenvalue weighted by Crippen LogP contribution is 2.42. The van der Waals surface area contributed by atoms with Crippen molar-refractivity contribution in [2.75, 3.05) is 6.79 Å². The molecule has 0 fully saturated rings. The number of Topliss-reactive ketones (excluding diaryl/α,β-unsaturated/α-hetero) is 1. The predicted octanol–water partition coefficient (Wildman–Crippen LogP) is 2.01. The SMILES string of the molecule is CC(=O)Cc1c(Cl)cc(C=O)c2c1OCO2. The first-order valence-corrected chi connectivity index (χ1v) is 5.07. The van der Waals surface area contributed by atoms with E-state index in [-0.39, 0.29) is 19.0 Å².